The summed E-state index contributed by atoms with van der Waals surface area (Å²) in [6, 6.07) is 0. The van der Waals surface area contributed by atoms with Crippen LogP contribution in [0.3, 0.4) is 0 Å². The van der Waals surface area contributed by atoms with Crippen LogP contribution < -0.4 is 0 Å². The van der Waals surface area contributed by atoms with E-state index in [0.29, 0.717) is 13.1 Å². The van der Waals surface area contributed by atoms with Crippen LogP contribution in [-0.4, -0.2) is 50.8 Å². The Hall–Kier alpha value is -0.610. The highest BCUT2D eigenvalue weighted by Crippen LogP contribution is 1.94. The molecule has 0 amide bonds. The van der Waals surface area contributed by atoms with Gasteiger partial charge < -0.3 is 9.47 Å². The first kappa shape index (κ1) is 8.49. The maximum absolute atomic E-state index is 9.78. The fraction of sp³-hybridized carbons (Fsp3) is 0.857. The van der Waals surface area contributed by atoms with Crippen molar-refractivity contribution < 1.29 is 14.3 Å². The highest BCUT2D eigenvalue weighted by atomic mass is 16.5. The van der Waals surface area contributed by atoms with Crippen LogP contribution in [0.15, 0.2) is 0 Å². The van der Waals surface area contributed by atoms with E-state index in [0.717, 1.165) is 32.8 Å². The minimum absolute atomic E-state index is 0.487. The Balaban J connectivity index is 2.00. The van der Waals surface area contributed by atoms with E-state index in [1.54, 1.807) is 0 Å². The molecule has 1 rings (SSSR count). The molecule has 0 bridgehead atoms. The zero-order chi connectivity index (χ0) is 7.94. The molecule has 1 aliphatic rings. The van der Waals surface area contributed by atoms with Gasteiger partial charge in [-0.25, -0.2) is 0 Å². The molecule has 0 N–H and O–H groups in total. The summed E-state index contributed by atoms with van der Waals surface area (Å²) in [7, 11) is 0. The van der Waals surface area contributed by atoms with Crippen LogP contribution in [0, 0.1) is 0 Å². The molecule has 1 fully saturated rings. The minimum Gasteiger partial charge on any atom is -0.467 e. The standard InChI is InChI=1S/C7H13NO3/c9-7-11-6-3-8-1-4-10-5-2-8/h7H,1-6H2. The predicted molar refractivity (Wildman–Crippen MR) is 39.3 cm³/mol. The molecule has 0 aliphatic carbocycles. The first-order valence-corrected chi connectivity index (χ1v) is 3.79. The maximum atomic E-state index is 9.78. The lowest BCUT2D eigenvalue weighted by molar-refractivity contribution is -0.129. The third-order valence-electron chi connectivity index (χ3n) is 1.70. The summed E-state index contributed by atoms with van der Waals surface area (Å²) in [6.07, 6.45) is 0. The number of carbonyl (C=O) groups is 1. The van der Waals surface area contributed by atoms with Crippen molar-refractivity contribution in [1.82, 2.24) is 4.90 Å². The number of carbonyl (C=O) groups excluding carboxylic acids is 1. The average molecular weight is 159 g/mol. The molecule has 4 heteroatoms. The van der Waals surface area contributed by atoms with Gasteiger partial charge in [-0.3, -0.25) is 9.69 Å². The summed E-state index contributed by atoms with van der Waals surface area (Å²) in [5.41, 5.74) is 0. The Labute approximate surface area is 66.1 Å². The maximum Gasteiger partial charge on any atom is 0.293 e. The van der Waals surface area contributed by atoms with Crippen molar-refractivity contribution in [1.29, 1.82) is 0 Å². The number of rotatable bonds is 4. The van der Waals surface area contributed by atoms with Crippen molar-refractivity contribution >= 4 is 6.47 Å². The minimum atomic E-state index is 0.487. The van der Waals surface area contributed by atoms with Crippen LogP contribution in [-0.2, 0) is 14.3 Å². The van der Waals surface area contributed by atoms with E-state index >= 15 is 0 Å². The van der Waals surface area contributed by atoms with Gasteiger partial charge in [0.05, 0.1) is 13.2 Å². The molecule has 0 saturated carbocycles. The van der Waals surface area contributed by atoms with E-state index in [9.17, 15) is 4.79 Å². The fourth-order valence-electron chi connectivity index (χ4n) is 1.05. The van der Waals surface area contributed by atoms with Crippen LogP contribution in [0.4, 0.5) is 0 Å². The van der Waals surface area contributed by atoms with Gasteiger partial charge in [-0.1, -0.05) is 0 Å². The molecule has 0 aromatic rings. The molecule has 0 radical (unpaired) electrons. The molecule has 1 aliphatic heterocycles. The molecule has 0 aromatic carbocycles. The van der Waals surface area contributed by atoms with E-state index in [2.05, 4.69) is 9.64 Å². The van der Waals surface area contributed by atoms with Gasteiger partial charge in [0.25, 0.3) is 6.47 Å². The van der Waals surface area contributed by atoms with Gasteiger partial charge in [0.15, 0.2) is 0 Å². The summed E-state index contributed by atoms with van der Waals surface area (Å²) in [6.45, 7) is 5.28. The number of hydrogen-bond donors (Lipinski definition) is 0. The van der Waals surface area contributed by atoms with Gasteiger partial charge in [-0.2, -0.15) is 0 Å². The first-order chi connectivity index (χ1) is 5.43. The summed E-state index contributed by atoms with van der Waals surface area (Å²) < 4.78 is 9.73. The van der Waals surface area contributed by atoms with Crippen molar-refractivity contribution in [2.75, 3.05) is 39.5 Å². The van der Waals surface area contributed by atoms with E-state index in [-0.39, 0.29) is 0 Å². The number of nitrogens with zero attached hydrogens (tertiary/aromatic N) is 1. The third-order valence-corrected chi connectivity index (χ3v) is 1.70. The van der Waals surface area contributed by atoms with Crippen molar-refractivity contribution in [3.8, 4) is 0 Å². The van der Waals surface area contributed by atoms with E-state index in [1.807, 2.05) is 0 Å². The Morgan fingerprint density at radius 1 is 1.45 bits per heavy atom. The lowest BCUT2D eigenvalue weighted by Crippen LogP contribution is -2.38. The Morgan fingerprint density at radius 3 is 2.82 bits per heavy atom. The molecule has 0 unspecified atom stereocenters. The molecule has 0 aromatic heterocycles. The van der Waals surface area contributed by atoms with E-state index in [4.69, 9.17) is 4.74 Å². The van der Waals surface area contributed by atoms with Crippen molar-refractivity contribution in [3.63, 3.8) is 0 Å². The van der Waals surface area contributed by atoms with Crippen LogP contribution in [0.5, 0.6) is 0 Å². The Morgan fingerprint density at radius 2 is 2.18 bits per heavy atom. The Bertz CT molecular complexity index is 112. The quantitative estimate of drug-likeness (QED) is 0.409. The predicted octanol–water partition coefficient (Wildman–Crippen LogP) is -0.508. The molecule has 1 heterocycles. The highest BCUT2D eigenvalue weighted by molar-refractivity contribution is 5.36. The molecule has 0 spiro atoms. The molecule has 11 heavy (non-hydrogen) atoms. The second-order valence-electron chi connectivity index (χ2n) is 2.42. The largest absolute Gasteiger partial charge is 0.467 e. The van der Waals surface area contributed by atoms with E-state index < -0.39 is 0 Å². The SMILES string of the molecule is O=COCCN1CCOCC1. The van der Waals surface area contributed by atoms with Crippen LogP contribution >= 0.6 is 0 Å². The monoisotopic (exact) mass is 159 g/mol. The van der Waals surface area contributed by atoms with Gasteiger partial charge in [0.1, 0.15) is 6.61 Å². The second kappa shape index (κ2) is 5.09. The Kier molecular flexibility index (Phi) is 3.93. The highest BCUT2D eigenvalue weighted by Gasteiger charge is 2.08. The summed E-state index contributed by atoms with van der Waals surface area (Å²) in [5.74, 6) is 0. The summed E-state index contributed by atoms with van der Waals surface area (Å²) >= 11 is 0. The average Bonchev–Trinajstić information content (AvgIpc) is 2.07. The third kappa shape index (κ3) is 3.34. The van der Waals surface area contributed by atoms with Crippen molar-refractivity contribution in [2.45, 2.75) is 0 Å². The smallest absolute Gasteiger partial charge is 0.293 e. The second-order valence-corrected chi connectivity index (χ2v) is 2.42. The molecular formula is C7H13NO3. The molecule has 4 nitrogen and oxygen atoms in total. The fourth-order valence-corrected chi connectivity index (χ4v) is 1.05. The summed E-state index contributed by atoms with van der Waals surface area (Å²) in [5, 5.41) is 0. The van der Waals surface area contributed by atoms with Crippen molar-refractivity contribution in [2.24, 2.45) is 0 Å². The number of hydrogen-bond acceptors (Lipinski definition) is 4. The van der Waals surface area contributed by atoms with Crippen LogP contribution in [0.1, 0.15) is 0 Å². The normalized spacial score (nSPS) is 19.6. The van der Waals surface area contributed by atoms with E-state index in [1.165, 1.54) is 0 Å². The van der Waals surface area contributed by atoms with Gasteiger partial charge >= 0.3 is 0 Å². The molecule has 1 saturated heterocycles. The number of morpholine rings is 1. The van der Waals surface area contributed by atoms with Crippen LogP contribution in [0.2, 0.25) is 0 Å². The zero-order valence-corrected chi connectivity index (χ0v) is 6.49. The van der Waals surface area contributed by atoms with Gasteiger partial charge in [-0.05, 0) is 0 Å². The molecule has 64 valence electrons. The van der Waals surface area contributed by atoms with Gasteiger partial charge in [0, 0.05) is 19.6 Å². The number of ether oxygens (including phenoxy) is 2. The van der Waals surface area contributed by atoms with Crippen LogP contribution in [0.25, 0.3) is 0 Å². The first-order valence-electron chi connectivity index (χ1n) is 3.79. The topological polar surface area (TPSA) is 38.8 Å². The van der Waals surface area contributed by atoms with Gasteiger partial charge in [0.2, 0.25) is 0 Å². The lowest BCUT2D eigenvalue weighted by Gasteiger charge is -2.25. The molecule has 0 atom stereocenters. The zero-order valence-electron chi connectivity index (χ0n) is 6.49. The van der Waals surface area contributed by atoms with Gasteiger partial charge in [-0.15, -0.1) is 0 Å². The van der Waals surface area contributed by atoms with Crippen molar-refractivity contribution in [3.05, 3.63) is 0 Å². The summed E-state index contributed by atoms with van der Waals surface area (Å²) in [4.78, 5) is 12.0. The molecular weight excluding hydrogens is 146 g/mol. The lowest BCUT2D eigenvalue weighted by atomic mass is 10.4.